The third-order valence-electron chi connectivity index (χ3n) is 3.53. The summed E-state index contributed by atoms with van der Waals surface area (Å²) in [6.07, 6.45) is 0. The van der Waals surface area contributed by atoms with Gasteiger partial charge in [-0.1, -0.05) is 32.0 Å². The smallest absolute Gasteiger partial charge is 0.353 e. The number of ether oxygens (including phenoxy) is 2. The van der Waals surface area contributed by atoms with Gasteiger partial charge in [0.05, 0.1) is 6.54 Å². The predicted molar refractivity (Wildman–Crippen MR) is 85.9 cm³/mol. The quantitative estimate of drug-likeness (QED) is 0.715. The van der Waals surface area contributed by atoms with Gasteiger partial charge in [0, 0.05) is 0 Å². The minimum Gasteiger partial charge on any atom is -0.454 e. The van der Waals surface area contributed by atoms with Gasteiger partial charge in [0.2, 0.25) is 6.79 Å². The number of rotatable bonds is 2. The van der Waals surface area contributed by atoms with E-state index in [1.165, 1.54) is 0 Å². The average Bonchev–Trinajstić information content (AvgIpc) is 3.14. The second-order valence-electron chi connectivity index (χ2n) is 4.80. The number of imidazole rings is 1. The van der Waals surface area contributed by atoms with Crippen LogP contribution in [0.25, 0.3) is 11.0 Å². The van der Waals surface area contributed by atoms with Gasteiger partial charge in [-0.15, -0.1) is 0 Å². The zero-order valence-corrected chi connectivity index (χ0v) is 12.8. The van der Waals surface area contributed by atoms with Gasteiger partial charge in [0.15, 0.2) is 11.5 Å². The summed E-state index contributed by atoms with van der Waals surface area (Å²) in [5.41, 5.74) is 9.31. The van der Waals surface area contributed by atoms with Crippen LogP contribution in [0.15, 0.2) is 42.5 Å². The Bertz CT molecular complexity index is 796. The summed E-state index contributed by atoms with van der Waals surface area (Å²) in [4.78, 5) is 3.18. The number of nitrogens with two attached hydrogens (primary N) is 1. The standard InChI is InChI=1S/C15H13N3O2.C2H6/c16-15-17-11-3-1-2-4-12(11)18(15)8-10-5-6-13-14(7-10)20-9-19-13;1-2/h1-7H,8-9H2,(H2,16,17);1-2H3/p+1. The Morgan fingerprint density at radius 1 is 1.09 bits per heavy atom. The van der Waals surface area contributed by atoms with Crippen LogP contribution in [0.4, 0.5) is 5.95 Å². The van der Waals surface area contributed by atoms with Crippen LogP contribution < -0.4 is 19.8 Å². The summed E-state index contributed by atoms with van der Waals surface area (Å²) in [5.74, 6) is 2.23. The van der Waals surface area contributed by atoms with Crippen molar-refractivity contribution in [2.24, 2.45) is 0 Å². The zero-order chi connectivity index (χ0) is 15.5. The van der Waals surface area contributed by atoms with Crippen molar-refractivity contribution in [3.05, 3.63) is 48.0 Å². The van der Waals surface area contributed by atoms with Crippen molar-refractivity contribution < 1.29 is 14.0 Å². The number of para-hydroxylation sites is 2. The van der Waals surface area contributed by atoms with Crippen LogP contribution in [0, 0.1) is 0 Å². The van der Waals surface area contributed by atoms with Crippen molar-refractivity contribution in [1.29, 1.82) is 0 Å². The molecule has 3 N–H and O–H groups in total. The molecule has 0 unspecified atom stereocenters. The second-order valence-corrected chi connectivity index (χ2v) is 4.80. The molecular weight excluding hydrogens is 278 g/mol. The summed E-state index contributed by atoms with van der Waals surface area (Å²) in [7, 11) is 0. The highest BCUT2D eigenvalue weighted by Crippen LogP contribution is 2.32. The summed E-state index contributed by atoms with van der Waals surface area (Å²) in [5, 5.41) is 0. The lowest BCUT2D eigenvalue weighted by atomic mass is 10.2. The number of H-pyrrole nitrogens is 1. The number of benzene rings is 2. The number of anilines is 1. The minimum atomic E-state index is 0.293. The van der Waals surface area contributed by atoms with E-state index in [1.54, 1.807) is 0 Å². The Labute approximate surface area is 129 Å². The Morgan fingerprint density at radius 2 is 1.86 bits per heavy atom. The normalized spacial score (nSPS) is 12.1. The molecule has 5 nitrogen and oxygen atoms in total. The molecule has 3 aromatic rings. The molecule has 22 heavy (non-hydrogen) atoms. The van der Waals surface area contributed by atoms with Crippen molar-refractivity contribution in [3.63, 3.8) is 0 Å². The number of fused-ring (bicyclic) bond motifs is 2. The first-order valence-corrected chi connectivity index (χ1v) is 7.46. The third kappa shape index (κ3) is 2.45. The first-order valence-electron chi connectivity index (χ1n) is 7.46. The SMILES string of the molecule is CC.Nc1[nH]c2ccccc2[n+]1Cc1ccc2c(c1)OCO2. The van der Waals surface area contributed by atoms with E-state index < -0.39 is 0 Å². The molecule has 114 valence electrons. The molecule has 0 spiro atoms. The maximum atomic E-state index is 6.07. The molecule has 0 radical (unpaired) electrons. The second kappa shape index (κ2) is 5.97. The van der Waals surface area contributed by atoms with Crippen molar-refractivity contribution >= 4 is 17.0 Å². The lowest BCUT2D eigenvalue weighted by Crippen LogP contribution is -2.36. The maximum Gasteiger partial charge on any atom is 0.353 e. The molecule has 5 heteroatoms. The molecule has 0 aliphatic carbocycles. The number of nitrogens with one attached hydrogen (secondary N) is 1. The molecule has 0 saturated heterocycles. The lowest BCUT2D eigenvalue weighted by Gasteiger charge is -2.03. The third-order valence-corrected chi connectivity index (χ3v) is 3.53. The molecule has 4 rings (SSSR count). The van der Waals surface area contributed by atoms with E-state index in [4.69, 9.17) is 15.2 Å². The van der Waals surface area contributed by atoms with Gasteiger partial charge >= 0.3 is 5.95 Å². The Kier molecular flexibility index (Phi) is 3.87. The number of aromatic amines is 1. The van der Waals surface area contributed by atoms with Gasteiger partial charge in [-0.05, 0) is 29.8 Å². The van der Waals surface area contributed by atoms with Crippen LogP contribution >= 0.6 is 0 Å². The van der Waals surface area contributed by atoms with E-state index in [-0.39, 0.29) is 0 Å². The van der Waals surface area contributed by atoms with E-state index in [0.717, 1.165) is 28.1 Å². The molecule has 1 aliphatic rings. The summed E-state index contributed by atoms with van der Waals surface area (Å²) in [6.45, 7) is 4.98. The summed E-state index contributed by atoms with van der Waals surface area (Å²) >= 11 is 0. The molecule has 0 bridgehead atoms. The lowest BCUT2D eigenvalue weighted by molar-refractivity contribution is -0.647. The highest BCUT2D eigenvalue weighted by molar-refractivity contribution is 5.72. The maximum absolute atomic E-state index is 6.07. The highest BCUT2D eigenvalue weighted by Gasteiger charge is 2.17. The minimum absolute atomic E-state index is 0.293. The van der Waals surface area contributed by atoms with Crippen molar-refractivity contribution in [3.8, 4) is 11.5 Å². The van der Waals surface area contributed by atoms with Crippen LogP contribution in [0.1, 0.15) is 19.4 Å². The first kappa shape index (κ1) is 14.3. The highest BCUT2D eigenvalue weighted by atomic mass is 16.7. The van der Waals surface area contributed by atoms with E-state index in [1.807, 2.05) is 54.8 Å². The van der Waals surface area contributed by atoms with Crippen LogP contribution in [0.3, 0.4) is 0 Å². The van der Waals surface area contributed by atoms with Crippen LogP contribution in [-0.2, 0) is 6.54 Å². The number of aromatic nitrogens is 2. The molecule has 0 saturated carbocycles. The predicted octanol–water partition coefficient (Wildman–Crippen LogP) is 2.84. The molecule has 2 aromatic carbocycles. The van der Waals surface area contributed by atoms with Crippen molar-refractivity contribution in [2.75, 3.05) is 12.5 Å². The number of hydrogen-bond donors (Lipinski definition) is 2. The van der Waals surface area contributed by atoms with Crippen LogP contribution in [0.5, 0.6) is 11.5 Å². The average molecular weight is 298 g/mol. The van der Waals surface area contributed by atoms with E-state index in [9.17, 15) is 0 Å². The number of nitrogens with zero attached hydrogens (tertiary/aromatic N) is 1. The number of hydrogen-bond acceptors (Lipinski definition) is 3. The summed E-state index contributed by atoms with van der Waals surface area (Å²) < 4.78 is 12.8. The van der Waals surface area contributed by atoms with Gasteiger partial charge in [-0.3, -0.25) is 5.73 Å². The fraction of sp³-hybridized carbons (Fsp3) is 0.235. The molecule has 0 fully saturated rings. The summed E-state index contributed by atoms with van der Waals surface area (Å²) in [6, 6.07) is 14.0. The van der Waals surface area contributed by atoms with E-state index in [0.29, 0.717) is 19.3 Å². The fourth-order valence-corrected chi connectivity index (χ4v) is 2.54. The molecule has 1 aromatic heterocycles. The van der Waals surface area contributed by atoms with Crippen molar-refractivity contribution in [1.82, 2.24) is 4.98 Å². The van der Waals surface area contributed by atoms with E-state index >= 15 is 0 Å². The molecule has 0 amide bonds. The number of nitrogen functional groups attached to an aromatic ring is 1. The molecule has 2 heterocycles. The first-order chi connectivity index (χ1) is 10.8. The van der Waals surface area contributed by atoms with E-state index in [2.05, 4.69) is 11.1 Å². The topological polar surface area (TPSA) is 64.2 Å². The van der Waals surface area contributed by atoms with Gasteiger partial charge in [-0.25, -0.2) is 9.55 Å². The van der Waals surface area contributed by atoms with Gasteiger partial charge in [0.25, 0.3) is 0 Å². The zero-order valence-electron chi connectivity index (χ0n) is 12.8. The van der Waals surface area contributed by atoms with Crippen LogP contribution in [0.2, 0.25) is 0 Å². The molecule has 1 aliphatic heterocycles. The Hall–Kier alpha value is -2.69. The van der Waals surface area contributed by atoms with Gasteiger partial charge in [0.1, 0.15) is 11.0 Å². The van der Waals surface area contributed by atoms with Gasteiger partial charge < -0.3 is 9.47 Å². The van der Waals surface area contributed by atoms with Gasteiger partial charge in [-0.2, -0.15) is 0 Å². The van der Waals surface area contributed by atoms with Crippen LogP contribution in [-0.4, -0.2) is 11.8 Å². The fourth-order valence-electron chi connectivity index (χ4n) is 2.54. The Balaban J connectivity index is 0.000000693. The largest absolute Gasteiger partial charge is 0.454 e. The molecular formula is C17H20N3O2+. The monoisotopic (exact) mass is 298 g/mol. The van der Waals surface area contributed by atoms with Crippen molar-refractivity contribution in [2.45, 2.75) is 20.4 Å². The molecule has 0 atom stereocenters. The Morgan fingerprint density at radius 3 is 2.73 bits per heavy atom.